The smallest absolute Gasteiger partial charge is 0.171 e. The number of anilines is 1. The fraction of sp³-hybridized carbons (Fsp3) is 0.588. The highest BCUT2D eigenvalue weighted by Gasteiger charge is 2.47. The molecule has 0 bridgehead atoms. The van der Waals surface area contributed by atoms with Crippen molar-refractivity contribution in [3.63, 3.8) is 0 Å². The molecule has 4 nitrogen and oxygen atoms in total. The van der Waals surface area contributed by atoms with Crippen LogP contribution in [0.2, 0.25) is 0 Å². The molecule has 1 aromatic rings. The molecule has 0 unspecified atom stereocenters. The van der Waals surface area contributed by atoms with Crippen LogP contribution in [0.15, 0.2) is 18.2 Å². The number of methoxy groups -OCH3 is 2. The van der Waals surface area contributed by atoms with E-state index in [2.05, 4.69) is 10.6 Å². The number of ether oxygens (including phenoxy) is 2. The van der Waals surface area contributed by atoms with E-state index in [9.17, 15) is 0 Å². The van der Waals surface area contributed by atoms with E-state index < -0.39 is 0 Å². The Kier molecular flexibility index (Phi) is 4.43. The zero-order valence-electron chi connectivity index (χ0n) is 13.3. The third-order valence-corrected chi connectivity index (χ3v) is 5.08. The van der Waals surface area contributed by atoms with E-state index in [4.69, 9.17) is 21.7 Å². The van der Waals surface area contributed by atoms with Gasteiger partial charge in [-0.3, -0.25) is 0 Å². The van der Waals surface area contributed by atoms with E-state index in [1.54, 1.807) is 14.2 Å². The standard InChI is InChI=1S/C17H24N2O2S/c1-20-13-7-8-14(15(11-13)21-2)18-16(22)19-17(12-5-6-12)9-3-4-10-17/h7-8,11-12H,3-6,9-10H2,1-2H3,(H2,18,19,22). The molecular weight excluding hydrogens is 296 g/mol. The van der Waals surface area contributed by atoms with Crippen LogP contribution in [0.1, 0.15) is 38.5 Å². The number of thiocarbonyl (C=S) groups is 1. The van der Waals surface area contributed by atoms with Gasteiger partial charge in [-0.1, -0.05) is 12.8 Å². The molecule has 2 saturated carbocycles. The largest absolute Gasteiger partial charge is 0.497 e. The van der Waals surface area contributed by atoms with E-state index in [1.807, 2.05) is 18.2 Å². The second-order valence-electron chi connectivity index (χ2n) is 6.28. The quantitative estimate of drug-likeness (QED) is 0.810. The van der Waals surface area contributed by atoms with Crippen molar-refractivity contribution in [2.45, 2.75) is 44.1 Å². The van der Waals surface area contributed by atoms with Crippen molar-refractivity contribution in [2.75, 3.05) is 19.5 Å². The first-order valence-electron chi connectivity index (χ1n) is 7.98. The van der Waals surface area contributed by atoms with Crippen molar-refractivity contribution in [1.82, 2.24) is 5.32 Å². The van der Waals surface area contributed by atoms with Crippen LogP contribution in [0.3, 0.4) is 0 Å². The molecule has 0 amide bonds. The highest BCUT2D eigenvalue weighted by Crippen LogP contribution is 2.48. The lowest BCUT2D eigenvalue weighted by Crippen LogP contribution is -2.49. The molecule has 0 aromatic heterocycles. The van der Waals surface area contributed by atoms with Crippen LogP contribution in [0.25, 0.3) is 0 Å². The second-order valence-corrected chi connectivity index (χ2v) is 6.69. The van der Waals surface area contributed by atoms with Crippen LogP contribution >= 0.6 is 12.2 Å². The summed E-state index contributed by atoms with van der Waals surface area (Å²) < 4.78 is 10.6. The lowest BCUT2D eigenvalue weighted by Gasteiger charge is -2.32. The molecule has 0 spiro atoms. The Morgan fingerprint density at radius 3 is 2.50 bits per heavy atom. The van der Waals surface area contributed by atoms with Gasteiger partial charge < -0.3 is 20.1 Å². The van der Waals surface area contributed by atoms with Gasteiger partial charge in [0.05, 0.1) is 19.9 Å². The molecule has 2 aliphatic rings. The van der Waals surface area contributed by atoms with E-state index >= 15 is 0 Å². The molecule has 0 saturated heterocycles. The van der Waals surface area contributed by atoms with Crippen LogP contribution in [-0.4, -0.2) is 24.9 Å². The number of nitrogens with one attached hydrogen (secondary N) is 2. The third kappa shape index (κ3) is 3.14. The summed E-state index contributed by atoms with van der Waals surface area (Å²) in [6.45, 7) is 0. The lowest BCUT2D eigenvalue weighted by molar-refractivity contribution is 0.340. The molecule has 1 aromatic carbocycles. The van der Waals surface area contributed by atoms with Crippen molar-refractivity contribution in [3.05, 3.63) is 18.2 Å². The summed E-state index contributed by atoms with van der Waals surface area (Å²) in [5, 5.41) is 7.59. The van der Waals surface area contributed by atoms with Gasteiger partial charge in [-0.25, -0.2) is 0 Å². The minimum Gasteiger partial charge on any atom is -0.497 e. The van der Waals surface area contributed by atoms with E-state index in [-0.39, 0.29) is 5.54 Å². The second kappa shape index (κ2) is 6.32. The molecule has 22 heavy (non-hydrogen) atoms. The monoisotopic (exact) mass is 320 g/mol. The Balaban J connectivity index is 1.69. The summed E-state index contributed by atoms with van der Waals surface area (Å²) in [7, 11) is 3.30. The van der Waals surface area contributed by atoms with Crippen LogP contribution in [0.5, 0.6) is 11.5 Å². The molecule has 2 fully saturated rings. The summed E-state index contributed by atoms with van der Waals surface area (Å²) in [6.07, 6.45) is 7.75. The number of hydrogen-bond acceptors (Lipinski definition) is 3. The first-order chi connectivity index (χ1) is 10.7. The molecule has 0 atom stereocenters. The summed E-state index contributed by atoms with van der Waals surface area (Å²) in [4.78, 5) is 0. The zero-order chi connectivity index (χ0) is 15.6. The van der Waals surface area contributed by atoms with Gasteiger partial charge in [-0.15, -0.1) is 0 Å². The molecular formula is C17H24N2O2S. The van der Waals surface area contributed by atoms with Gasteiger partial charge in [0.25, 0.3) is 0 Å². The predicted molar refractivity (Wildman–Crippen MR) is 92.8 cm³/mol. The van der Waals surface area contributed by atoms with Gasteiger partial charge >= 0.3 is 0 Å². The zero-order valence-corrected chi connectivity index (χ0v) is 14.1. The van der Waals surface area contributed by atoms with Gasteiger partial charge in [-0.05, 0) is 56.0 Å². The lowest BCUT2D eigenvalue weighted by atomic mass is 9.91. The van der Waals surface area contributed by atoms with Gasteiger partial charge in [0, 0.05) is 11.6 Å². The summed E-state index contributed by atoms with van der Waals surface area (Å²) in [5.41, 5.74) is 1.09. The molecule has 3 rings (SSSR count). The van der Waals surface area contributed by atoms with Crippen molar-refractivity contribution >= 4 is 23.0 Å². The van der Waals surface area contributed by atoms with Crippen molar-refractivity contribution in [1.29, 1.82) is 0 Å². The maximum absolute atomic E-state index is 5.55. The van der Waals surface area contributed by atoms with Crippen LogP contribution in [-0.2, 0) is 0 Å². The Bertz CT molecular complexity index is 552. The molecule has 2 aliphatic carbocycles. The Morgan fingerprint density at radius 1 is 1.18 bits per heavy atom. The average molecular weight is 320 g/mol. The van der Waals surface area contributed by atoms with E-state index in [0.29, 0.717) is 5.11 Å². The fourth-order valence-electron chi connectivity index (χ4n) is 3.56. The average Bonchev–Trinajstić information content (AvgIpc) is 3.29. The molecule has 0 radical (unpaired) electrons. The summed E-state index contributed by atoms with van der Waals surface area (Å²) in [6, 6.07) is 5.70. The van der Waals surface area contributed by atoms with Crippen LogP contribution < -0.4 is 20.1 Å². The molecule has 0 heterocycles. The number of benzene rings is 1. The fourth-order valence-corrected chi connectivity index (χ4v) is 3.87. The van der Waals surface area contributed by atoms with Crippen molar-refractivity contribution < 1.29 is 9.47 Å². The number of rotatable bonds is 5. The maximum Gasteiger partial charge on any atom is 0.171 e. The minimum absolute atomic E-state index is 0.226. The van der Waals surface area contributed by atoms with E-state index in [0.717, 1.165) is 23.1 Å². The Labute approximate surface area is 137 Å². The van der Waals surface area contributed by atoms with Crippen LogP contribution in [0, 0.1) is 5.92 Å². The SMILES string of the molecule is COc1ccc(NC(=S)NC2(C3CC3)CCCC2)c(OC)c1. The van der Waals surface area contributed by atoms with Gasteiger partial charge in [0.1, 0.15) is 11.5 Å². The maximum atomic E-state index is 5.55. The van der Waals surface area contributed by atoms with Gasteiger partial charge in [0.2, 0.25) is 0 Å². The first kappa shape index (κ1) is 15.4. The summed E-state index contributed by atoms with van der Waals surface area (Å²) in [5.74, 6) is 2.30. The Morgan fingerprint density at radius 2 is 1.91 bits per heavy atom. The summed E-state index contributed by atoms with van der Waals surface area (Å²) >= 11 is 5.55. The predicted octanol–water partition coefficient (Wildman–Crippen LogP) is 3.71. The topological polar surface area (TPSA) is 42.5 Å². The first-order valence-corrected chi connectivity index (χ1v) is 8.39. The molecule has 0 aliphatic heterocycles. The molecule has 2 N–H and O–H groups in total. The molecule has 120 valence electrons. The van der Waals surface area contributed by atoms with Gasteiger partial charge in [0.15, 0.2) is 5.11 Å². The third-order valence-electron chi connectivity index (χ3n) is 4.87. The number of hydrogen-bond donors (Lipinski definition) is 2. The normalized spacial score (nSPS) is 19.5. The minimum atomic E-state index is 0.226. The van der Waals surface area contributed by atoms with Crippen molar-refractivity contribution in [2.24, 2.45) is 5.92 Å². The van der Waals surface area contributed by atoms with E-state index in [1.165, 1.54) is 38.5 Å². The highest BCUT2D eigenvalue weighted by molar-refractivity contribution is 7.80. The van der Waals surface area contributed by atoms with Crippen LogP contribution in [0.4, 0.5) is 5.69 Å². The molecule has 5 heteroatoms. The van der Waals surface area contributed by atoms with Gasteiger partial charge in [-0.2, -0.15) is 0 Å². The Hall–Kier alpha value is -1.49. The van der Waals surface area contributed by atoms with Crippen molar-refractivity contribution in [3.8, 4) is 11.5 Å². The highest BCUT2D eigenvalue weighted by atomic mass is 32.1.